The molecular formula is C12H6ClF3IN3. The fourth-order valence-electron chi connectivity index (χ4n) is 2.19. The summed E-state index contributed by atoms with van der Waals surface area (Å²) < 4.78 is 40.4. The minimum Gasteiger partial charge on any atom is -0.327 e. The molecule has 0 radical (unpaired) electrons. The second-order valence-corrected chi connectivity index (χ2v) is 5.83. The van der Waals surface area contributed by atoms with Gasteiger partial charge in [0.15, 0.2) is 5.15 Å². The summed E-state index contributed by atoms with van der Waals surface area (Å²) in [6.45, 7) is -1.12. The highest BCUT2D eigenvalue weighted by Gasteiger charge is 2.30. The highest BCUT2D eigenvalue weighted by molar-refractivity contribution is 14.1. The third-order valence-corrected chi connectivity index (χ3v) is 3.84. The van der Waals surface area contributed by atoms with E-state index >= 15 is 0 Å². The number of halogens is 5. The van der Waals surface area contributed by atoms with E-state index in [0.717, 1.165) is 8.14 Å². The first-order valence-electron chi connectivity index (χ1n) is 5.51. The van der Waals surface area contributed by atoms with Crippen molar-refractivity contribution >= 4 is 56.1 Å². The molecular weight excluding hydrogens is 406 g/mol. The van der Waals surface area contributed by atoms with Crippen LogP contribution >= 0.6 is 34.2 Å². The summed E-state index contributed by atoms with van der Waals surface area (Å²) in [7, 11) is 0. The zero-order chi connectivity index (χ0) is 14.5. The van der Waals surface area contributed by atoms with Crippen LogP contribution < -0.4 is 0 Å². The van der Waals surface area contributed by atoms with Crippen LogP contribution in [0.3, 0.4) is 0 Å². The van der Waals surface area contributed by atoms with Crippen LogP contribution in [0.2, 0.25) is 5.15 Å². The highest BCUT2D eigenvalue weighted by atomic mass is 127. The van der Waals surface area contributed by atoms with Crippen LogP contribution in [0.15, 0.2) is 24.5 Å². The number of hydrogen-bond donors (Lipinski definition) is 0. The van der Waals surface area contributed by atoms with Gasteiger partial charge < -0.3 is 4.57 Å². The van der Waals surface area contributed by atoms with E-state index < -0.39 is 12.7 Å². The predicted molar refractivity (Wildman–Crippen MR) is 78.8 cm³/mol. The molecule has 1 aromatic carbocycles. The van der Waals surface area contributed by atoms with Crippen molar-refractivity contribution in [3.63, 3.8) is 0 Å². The molecule has 0 saturated carbocycles. The topological polar surface area (TPSA) is 30.7 Å². The Kier molecular flexibility index (Phi) is 3.28. The summed E-state index contributed by atoms with van der Waals surface area (Å²) in [6, 6.07) is 5.17. The molecule has 20 heavy (non-hydrogen) atoms. The van der Waals surface area contributed by atoms with E-state index in [1.165, 1.54) is 6.33 Å². The molecule has 0 saturated heterocycles. The summed E-state index contributed by atoms with van der Waals surface area (Å²) in [5, 5.41) is 0.658. The van der Waals surface area contributed by atoms with Crippen LogP contribution in [0.4, 0.5) is 13.2 Å². The Balaban J connectivity index is 2.45. The molecule has 0 spiro atoms. The van der Waals surface area contributed by atoms with Gasteiger partial charge in [0.25, 0.3) is 0 Å². The lowest BCUT2D eigenvalue weighted by atomic mass is 10.2. The first-order valence-corrected chi connectivity index (χ1v) is 6.97. The smallest absolute Gasteiger partial charge is 0.327 e. The Morgan fingerprint density at radius 3 is 2.70 bits per heavy atom. The quantitative estimate of drug-likeness (QED) is 0.439. The van der Waals surface area contributed by atoms with Crippen LogP contribution in [-0.4, -0.2) is 20.7 Å². The van der Waals surface area contributed by atoms with Gasteiger partial charge in [-0.2, -0.15) is 13.2 Å². The van der Waals surface area contributed by atoms with Crippen molar-refractivity contribution in [2.45, 2.75) is 12.7 Å². The maximum absolute atomic E-state index is 12.8. The average Bonchev–Trinajstić information content (AvgIpc) is 2.63. The molecule has 0 aliphatic rings. The van der Waals surface area contributed by atoms with Gasteiger partial charge in [0.2, 0.25) is 0 Å². The molecule has 104 valence electrons. The molecule has 0 amide bonds. The third-order valence-electron chi connectivity index (χ3n) is 2.89. The van der Waals surface area contributed by atoms with Gasteiger partial charge in [-0.15, -0.1) is 0 Å². The lowest BCUT2D eigenvalue weighted by Gasteiger charge is -2.10. The largest absolute Gasteiger partial charge is 0.406 e. The molecule has 0 unspecified atom stereocenters. The standard InChI is InChI=1S/C12H6ClF3IN3/c13-11-10-9(18-5-19-11)7-3-6(17)1-2-8(7)20(10)4-12(14,15)16/h1-3,5H,4H2. The zero-order valence-electron chi connectivity index (χ0n) is 9.75. The molecule has 2 aromatic heterocycles. The van der Waals surface area contributed by atoms with E-state index in [1.54, 1.807) is 18.2 Å². The Morgan fingerprint density at radius 1 is 1.25 bits per heavy atom. The molecule has 0 atom stereocenters. The first-order chi connectivity index (χ1) is 9.37. The fraction of sp³-hybridized carbons (Fsp3) is 0.167. The molecule has 0 aliphatic carbocycles. The molecule has 2 heterocycles. The summed E-state index contributed by atoms with van der Waals surface area (Å²) in [6.07, 6.45) is -3.09. The first kappa shape index (κ1) is 13.9. The average molecular weight is 412 g/mol. The zero-order valence-corrected chi connectivity index (χ0v) is 12.7. The fourth-order valence-corrected chi connectivity index (χ4v) is 2.92. The Morgan fingerprint density at radius 2 is 2.00 bits per heavy atom. The van der Waals surface area contributed by atoms with Crippen LogP contribution in [0.5, 0.6) is 0 Å². The SMILES string of the molecule is FC(F)(F)Cn1c2ccc(I)cc2c2ncnc(Cl)c21. The summed E-state index contributed by atoms with van der Waals surface area (Å²) in [5.41, 5.74) is 1.09. The van der Waals surface area contributed by atoms with Gasteiger partial charge in [0.05, 0.1) is 5.52 Å². The Hall–Kier alpha value is -1.09. The van der Waals surface area contributed by atoms with Gasteiger partial charge in [-0.25, -0.2) is 9.97 Å². The highest BCUT2D eigenvalue weighted by Crippen LogP contribution is 2.34. The molecule has 8 heteroatoms. The monoisotopic (exact) mass is 411 g/mol. The minimum atomic E-state index is -4.35. The third kappa shape index (κ3) is 2.32. The number of nitrogens with zero attached hydrogens (tertiary/aromatic N) is 3. The van der Waals surface area contributed by atoms with E-state index in [4.69, 9.17) is 11.6 Å². The van der Waals surface area contributed by atoms with Crippen molar-refractivity contribution in [2.24, 2.45) is 0 Å². The lowest BCUT2D eigenvalue weighted by Crippen LogP contribution is -2.17. The van der Waals surface area contributed by atoms with Gasteiger partial charge in [-0.1, -0.05) is 11.6 Å². The van der Waals surface area contributed by atoms with Gasteiger partial charge in [0.1, 0.15) is 23.9 Å². The maximum Gasteiger partial charge on any atom is 0.406 e. The summed E-state index contributed by atoms with van der Waals surface area (Å²) >= 11 is 8.06. The number of benzene rings is 1. The van der Waals surface area contributed by atoms with Crippen molar-refractivity contribution in [1.29, 1.82) is 0 Å². The van der Waals surface area contributed by atoms with Crippen LogP contribution in [0, 0.1) is 3.57 Å². The van der Waals surface area contributed by atoms with E-state index in [9.17, 15) is 13.2 Å². The van der Waals surface area contributed by atoms with Gasteiger partial charge in [-0.05, 0) is 40.8 Å². The summed E-state index contributed by atoms with van der Waals surface area (Å²) in [5.74, 6) is 0. The molecule has 0 fully saturated rings. The normalized spacial score (nSPS) is 12.4. The number of aromatic nitrogens is 3. The number of fused-ring (bicyclic) bond motifs is 3. The van der Waals surface area contributed by atoms with E-state index in [0.29, 0.717) is 16.4 Å². The summed E-state index contributed by atoms with van der Waals surface area (Å²) in [4.78, 5) is 7.85. The van der Waals surface area contributed by atoms with Crippen molar-refractivity contribution in [1.82, 2.24) is 14.5 Å². The minimum absolute atomic E-state index is 0.0189. The molecule has 0 bridgehead atoms. The Labute approximate surface area is 129 Å². The van der Waals surface area contributed by atoms with Crippen molar-refractivity contribution < 1.29 is 13.2 Å². The van der Waals surface area contributed by atoms with Crippen molar-refractivity contribution in [3.05, 3.63) is 33.2 Å². The van der Waals surface area contributed by atoms with Gasteiger partial charge >= 0.3 is 6.18 Å². The molecule has 0 N–H and O–H groups in total. The van der Waals surface area contributed by atoms with Crippen LogP contribution in [0.25, 0.3) is 21.9 Å². The molecule has 3 nitrogen and oxygen atoms in total. The van der Waals surface area contributed by atoms with Crippen LogP contribution in [0.1, 0.15) is 0 Å². The molecule has 3 rings (SSSR count). The Bertz CT molecular complexity index is 813. The van der Waals surface area contributed by atoms with E-state index in [2.05, 4.69) is 32.6 Å². The molecule has 3 aromatic rings. The predicted octanol–water partition coefficient (Wildman–Crippen LogP) is 4.40. The molecule has 0 aliphatic heterocycles. The number of hydrogen-bond acceptors (Lipinski definition) is 2. The van der Waals surface area contributed by atoms with Gasteiger partial charge in [0, 0.05) is 8.96 Å². The second-order valence-electron chi connectivity index (χ2n) is 4.22. The van der Waals surface area contributed by atoms with Gasteiger partial charge in [-0.3, -0.25) is 0 Å². The van der Waals surface area contributed by atoms with E-state index in [1.807, 2.05) is 0 Å². The maximum atomic E-state index is 12.8. The number of alkyl halides is 3. The van der Waals surface area contributed by atoms with Crippen molar-refractivity contribution in [3.8, 4) is 0 Å². The number of rotatable bonds is 1. The van der Waals surface area contributed by atoms with Crippen molar-refractivity contribution in [2.75, 3.05) is 0 Å². The van der Waals surface area contributed by atoms with E-state index in [-0.39, 0.29) is 10.7 Å². The van der Waals surface area contributed by atoms with Crippen LogP contribution in [-0.2, 0) is 6.54 Å². The lowest BCUT2D eigenvalue weighted by molar-refractivity contribution is -0.139. The second kappa shape index (κ2) is 4.73.